The number of alkyl halides is 6. The second kappa shape index (κ2) is 7.98. The molecule has 0 spiro atoms. The molecule has 0 saturated carbocycles. The zero-order valence-corrected chi connectivity index (χ0v) is 17.9. The van der Waals surface area contributed by atoms with E-state index in [1.54, 1.807) is 13.8 Å². The summed E-state index contributed by atoms with van der Waals surface area (Å²) in [5.41, 5.74) is -3.56. The van der Waals surface area contributed by atoms with E-state index >= 15 is 0 Å². The van der Waals surface area contributed by atoms with E-state index in [0.29, 0.717) is 18.6 Å². The summed E-state index contributed by atoms with van der Waals surface area (Å²) in [7, 11) is -3.54. The Morgan fingerprint density at radius 2 is 1.68 bits per heavy atom. The van der Waals surface area contributed by atoms with E-state index in [1.165, 1.54) is 0 Å². The number of aliphatic imine (C=N–C) groups is 1. The molecule has 5 nitrogen and oxygen atoms in total. The van der Waals surface area contributed by atoms with Crippen LogP contribution in [0.4, 0.5) is 32.0 Å². The van der Waals surface area contributed by atoms with E-state index < -0.39 is 67.9 Å². The van der Waals surface area contributed by atoms with Crippen molar-refractivity contribution < 1.29 is 39.6 Å². The minimum absolute atomic E-state index is 0.00326. The predicted octanol–water partition coefficient (Wildman–Crippen LogP) is 4.37. The first kappa shape index (κ1) is 23.9. The first-order chi connectivity index (χ1) is 14.1. The molecule has 13 heteroatoms. The van der Waals surface area contributed by atoms with Gasteiger partial charge in [-0.15, -0.1) is 0 Å². The topological polar surface area (TPSA) is 66.8 Å². The minimum atomic E-state index is -5.06. The number of rotatable bonds is 3. The summed E-state index contributed by atoms with van der Waals surface area (Å²) < 4.78 is 104. The molecule has 2 heterocycles. The van der Waals surface area contributed by atoms with Crippen LogP contribution in [0.25, 0.3) is 0 Å². The Morgan fingerprint density at radius 3 is 2.16 bits per heavy atom. The lowest BCUT2D eigenvalue weighted by atomic mass is 10.1. The Bertz CT molecular complexity index is 988. The number of hydrogen-bond acceptors (Lipinski definition) is 4. The van der Waals surface area contributed by atoms with Gasteiger partial charge in [0, 0.05) is 16.9 Å². The number of amidine groups is 1. The van der Waals surface area contributed by atoms with Crippen molar-refractivity contribution in [3.63, 3.8) is 0 Å². The average Bonchev–Trinajstić information content (AvgIpc) is 3.09. The van der Waals surface area contributed by atoms with Crippen LogP contribution in [0.2, 0.25) is 0 Å². The molecular formula is C18H18F6N2O3S2. The van der Waals surface area contributed by atoms with Gasteiger partial charge in [-0.05, 0) is 24.6 Å². The average molecular weight is 488 g/mol. The maximum absolute atomic E-state index is 13.3. The van der Waals surface area contributed by atoms with Gasteiger partial charge in [0.2, 0.25) is 0 Å². The Balaban J connectivity index is 2.17. The van der Waals surface area contributed by atoms with Gasteiger partial charge in [-0.1, -0.05) is 25.6 Å². The third-order valence-electron chi connectivity index (χ3n) is 5.16. The Morgan fingerprint density at radius 1 is 1.13 bits per heavy atom. The molecule has 2 saturated heterocycles. The molecule has 1 aromatic carbocycles. The Hall–Kier alpha value is -1.76. The second-order valence-electron chi connectivity index (χ2n) is 7.48. The molecule has 0 bridgehead atoms. The smallest absolute Gasteiger partial charge is 0.316 e. The van der Waals surface area contributed by atoms with Crippen LogP contribution in [0, 0.1) is 5.92 Å². The van der Waals surface area contributed by atoms with Gasteiger partial charge in [0.05, 0.1) is 28.7 Å². The predicted molar refractivity (Wildman–Crippen MR) is 105 cm³/mol. The maximum Gasteiger partial charge on any atom is 0.416 e. The number of carbonyl (C=O) groups excluding carboxylic acids is 1. The van der Waals surface area contributed by atoms with E-state index in [1.807, 2.05) is 0 Å². The largest absolute Gasteiger partial charge is 0.416 e. The van der Waals surface area contributed by atoms with E-state index in [-0.39, 0.29) is 17.0 Å². The fourth-order valence-electron chi connectivity index (χ4n) is 3.32. The maximum atomic E-state index is 13.3. The lowest BCUT2D eigenvalue weighted by Crippen LogP contribution is -2.38. The summed E-state index contributed by atoms with van der Waals surface area (Å²) in [5, 5.41) is -0.750. The van der Waals surface area contributed by atoms with Crippen molar-refractivity contribution in [2.45, 2.75) is 43.9 Å². The molecule has 31 heavy (non-hydrogen) atoms. The van der Waals surface area contributed by atoms with Gasteiger partial charge in [-0.2, -0.15) is 31.3 Å². The highest BCUT2D eigenvalue weighted by Crippen LogP contribution is 2.44. The third kappa shape index (κ3) is 5.02. The summed E-state index contributed by atoms with van der Waals surface area (Å²) in [6.45, 7) is 3.32. The lowest BCUT2D eigenvalue weighted by Gasteiger charge is -2.26. The van der Waals surface area contributed by atoms with Crippen molar-refractivity contribution in [1.29, 1.82) is 0 Å². The Kier molecular flexibility index (Phi) is 6.15. The van der Waals surface area contributed by atoms with Crippen molar-refractivity contribution in [3.05, 3.63) is 29.3 Å². The lowest BCUT2D eigenvalue weighted by molar-refractivity contribution is -0.143. The summed E-state index contributed by atoms with van der Waals surface area (Å²) in [6.07, 6.45) is -9.69. The van der Waals surface area contributed by atoms with Crippen LogP contribution < -0.4 is 4.90 Å². The van der Waals surface area contributed by atoms with Gasteiger partial charge in [0.15, 0.2) is 15.0 Å². The molecular weight excluding hydrogens is 470 g/mol. The quantitative estimate of drug-likeness (QED) is 0.592. The van der Waals surface area contributed by atoms with Crippen molar-refractivity contribution in [1.82, 2.24) is 0 Å². The molecule has 3 atom stereocenters. The standard InChI is InChI=1S/C18H18F6N2O3S2/c1-3-9(2)15(27)25-16-26(13-7-31(28,29)8-14(13)30-16)12-5-10(17(19,20)21)4-11(6-12)18(22,23)24/h4-6,9,13-14H,3,7-8H2,1-2H3/t9-,13+,14+/m1/s1. The molecule has 2 fully saturated rings. The number of fused-ring (bicyclic) bond motifs is 1. The number of halogens is 6. The van der Waals surface area contributed by atoms with Crippen LogP contribution in [0.15, 0.2) is 23.2 Å². The van der Waals surface area contributed by atoms with E-state index in [0.717, 1.165) is 16.7 Å². The first-order valence-electron chi connectivity index (χ1n) is 9.20. The SMILES string of the molecule is CC[C@@H](C)C(=O)N=C1S[C@H]2CS(=O)(=O)C[C@@H]2N1c1cc(C(F)(F)F)cc(C(F)(F)F)c1. The number of hydrogen-bond donors (Lipinski definition) is 0. The van der Waals surface area contributed by atoms with Gasteiger partial charge in [0.25, 0.3) is 5.91 Å². The fourth-order valence-corrected chi connectivity index (χ4v) is 7.24. The van der Waals surface area contributed by atoms with E-state index in [2.05, 4.69) is 4.99 Å². The molecule has 172 valence electrons. The summed E-state index contributed by atoms with van der Waals surface area (Å²) in [5.74, 6) is -1.86. The molecule has 1 amide bonds. The van der Waals surface area contributed by atoms with Gasteiger partial charge in [-0.25, -0.2) is 8.42 Å². The highest BCUT2D eigenvalue weighted by atomic mass is 32.2. The molecule has 3 rings (SSSR count). The van der Waals surface area contributed by atoms with Crippen LogP contribution in [-0.4, -0.2) is 42.3 Å². The van der Waals surface area contributed by atoms with Crippen LogP contribution in [0.3, 0.4) is 0 Å². The van der Waals surface area contributed by atoms with Gasteiger partial charge in [-0.3, -0.25) is 4.79 Å². The summed E-state index contributed by atoms with van der Waals surface area (Å²) >= 11 is 0.883. The molecule has 0 unspecified atom stereocenters. The summed E-state index contributed by atoms with van der Waals surface area (Å²) in [4.78, 5) is 17.3. The number of carbonyl (C=O) groups is 1. The van der Waals surface area contributed by atoms with Crippen LogP contribution >= 0.6 is 11.8 Å². The van der Waals surface area contributed by atoms with Crippen molar-refractivity contribution >= 4 is 38.4 Å². The normalized spacial score (nSPS) is 25.7. The molecule has 0 radical (unpaired) electrons. The van der Waals surface area contributed by atoms with Crippen LogP contribution in [-0.2, 0) is 27.0 Å². The van der Waals surface area contributed by atoms with Crippen LogP contribution in [0.1, 0.15) is 31.4 Å². The molecule has 1 aromatic rings. The highest BCUT2D eigenvalue weighted by Gasteiger charge is 2.50. The number of sulfone groups is 1. The monoisotopic (exact) mass is 488 g/mol. The van der Waals surface area contributed by atoms with Gasteiger partial charge >= 0.3 is 12.4 Å². The molecule has 0 N–H and O–H groups in total. The molecule has 2 aliphatic rings. The minimum Gasteiger partial charge on any atom is -0.316 e. The number of amides is 1. The molecule has 0 aliphatic carbocycles. The van der Waals surface area contributed by atoms with E-state index in [9.17, 15) is 39.6 Å². The van der Waals surface area contributed by atoms with Gasteiger partial charge in [0.1, 0.15) is 0 Å². The first-order valence-corrected chi connectivity index (χ1v) is 11.9. The number of thioether (sulfide) groups is 1. The zero-order valence-electron chi connectivity index (χ0n) is 16.3. The summed E-state index contributed by atoms with van der Waals surface area (Å²) in [6, 6.07) is 0.109. The van der Waals surface area contributed by atoms with E-state index in [4.69, 9.17) is 0 Å². The van der Waals surface area contributed by atoms with Gasteiger partial charge < -0.3 is 4.90 Å². The highest BCUT2D eigenvalue weighted by molar-refractivity contribution is 8.16. The number of benzene rings is 1. The number of anilines is 1. The second-order valence-corrected chi connectivity index (χ2v) is 10.8. The molecule has 0 aromatic heterocycles. The molecule has 2 aliphatic heterocycles. The van der Waals surface area contributed by atoms with Crippen molar-refractivity contribution in [2.75, 3.05) is 16.4 Å². The fraction of sp³-hybridized carbons (Fsp3) is 0.556. The van der Waals surface area contributed by atoms with Crippen molar-refractivity contribution in [2.24, 2.45) is 10.9 Å². The number of nitrogens with zero attached hydrogens (tertiary/aromatic N) is 2. The third-order valence-corrected chi connectivity index (χ3v) is 8.37. The zero-order chi connectivity index (χ0) is 23.4. The van der Waals surface area contributed by atoms with Crippen LogP contribution in [0.5, 0.6) is 0 Å². The Labute approximate surface area is 178 Å². The van der Waals surface area contributed by atoms with Crippen molar-refractivity contribution in [3.8, 4) is 0 Å².